The van der Waals surface area contributed by atoms with Gasteiger partial charge in [-0.3, -0.25) is 24.6 Å². The number of piperazine rings is 1. The summed E-state index contributed by atoms with van der Waals surface area (Å²) in [7, 11) is 0. The number of hydrogen-bond acceptors (Lipinski definition) is 8. The van der Waals surface area contributed by atoms with Crippen molar-refractivity contribution in [2.75, 3.05) is 37.6 Å². The lowest BCUT2D eigenvalue weighted by atomic mass is 10.1. The number of fused-ring (bicyclic) bond motifs is 2. The fourth-order valence-corrected chi connectivity index (χ4v) is 4.84. The van der Waals surface area contributed by atoms with Crippen LogP contribution in [0, 0.1) is 5.82 Å². The summed E-state index contributed by atoms with van der Waals surface area (Å²) in [4.78, 5) is 53.8. The van der Waals surface area contributed by atoms with E-state index in [1.165, 1.54) is 12.1 Å². The number of aromatic nitrogens is 1. The van der Waals surface area contributed by atoms with E-state index in [9.17, 15) is 23.6 Å². The first-order chi connectivity index (χ1) is 17.4. The van der Waals surface area contributed by atoms with Crippen molar-refractivity contribution in [3.8, 4) is 0 Å². The van der Waals surface area contributed by atoms with Gasteiger partial charge in [0.15, 0.2) is 11.4 Å². The van der Waals surface area contributed by atoms with E-state index in [1.807, 2.05) is 0 Å². The molecule has 11 nitrogen and oxygen atoms in total. The van der Waals surface area contributed by atoms with Crippen LogP contribution in [-0.2, 0) is 11.3 Å². The van der Waals surface area contributed by atoms with Crippen LogP contribution in [0.15, 0.2) is 40.9 Å². The van der Waals surface area contributed by atoms with E-state index in [-0.39, 0.29) is 29.9 Å². The van der Waals surface area contributed by atoms with Crippen LogP contribution in [0.5, 0.6) is 0 Å². The predicted octanol–water partition coefficient (Wildman–Crippen LogP) is 1.74. The van der Waals surface area contributed by atoms with Gasteiger partial charge in [0.2, 0.25) is 5.91 Å². The van der Waals surface area contributed by atoms with Crippen molar-refractivity contribution in [3.63, 3.8) is 0 Å². The summed E-state index contributed by atoms with van der Waals surface area (Å²) in [5, 5.41) is 8.80. The third-order valence-electron chi connectivity index (χ3n) is 6.70. The summed E-state index contributed by atoms with van der Waals surface area (Å²) in [6.07, 6.45) is 0.0113. The van der Waals surface area contributed by atoms with Gasteiger partial charge in [0.1, 0.15) is 5.82 Å². The molecule has 3 aromatic rings. The number of hydrazine groups is 1. The molecular weight excluding hydrogens is 471 g/mol. The van der Waals surface area contributed by atoms with Crippen LogP contribution in [-0.4, -0.2) is 76.6 Å². The summed E-state index contributed by atoms with van der Waals surface area (Å²) in [6.45, 7) is 3.38. The van der Waals surface area contributed by atoms with E-state index < -0.39 is 23.8 Å². The molecule has 3 aliphatic rings. The average Bonchev–Trinajstić information content (AvgIpc) is 3.38. The predicted molar refractivity (Wildman–Crippen MR) is 123 cm³/mol. The molecule has 0 saturated carbocycles. The minimum absolute atomic E-state index is 0.0113. The van der Waals surface area contributed by atoms with Crippen molar-refractivity contribution in [1.82, 2.24) is 25.4 Å². The number of benzene rings is 2. The zero-order chi connectivity index (χ0) is 25.0. The standard InChI is InChI=1S/C24H21FN6O5/c25-15-2-4-17-19(12-15)36-27-21(17)29-9-7-28(8-10-29)13-14-1-3-16-18(11-14)23(34)31(22(16)33)30-6-5-20(32)26-24(30)35/h1-4,11-12H,5-10,13H2,(H,26,32,35). The van der Waals surface area contributed by atoms with Crippen LogP contribution >= 0.6 is 0 Å². The van der Waals surface area contributed by atoms with Gasteiger partial charge in [-0.2, -0.15) is 5.01 Å². The first-order valence-electron chi connectivity index (χ1n) is 11.5. The van der Waals surface area contributed by atoms with E-state index in [4.69, 9.17) is 4.52 Å². The van der Waals surface area contributed by atoms with E-state index in [2.05, 4.69) is 20.3 Å². The molecule has 184 valence electrons. The number of rotatable bonds is 4. The minimum Gasteiger partial charge on any atom is -0.354 e. The number of imide groups is 2. The van der Waals surface area contributed by atoms with Crippen LogP contribution < -0.4 is 10.2 Å². The van der Waals surface area contributed by atoms with Crippen molar-refractivity contribution in [2.45, 2.75) is 13.0 Å². The van der Waals surface area contributed by atoms with Crippen molar-refractivity contribution < 1.29 is 28.1 Å². The second-order valence-electron chi connectivity index (χ2n) is 8.94. The molecule has 2 fully saturated rings. The molecule has 0 spiro atoms. The first-order valence-corrected chi connectivity index (χ1v) is 11.5. The molecule has 0 aliphatic carbocycles. The Morgan fingerprint density at radius 2 is 1.69 bits per heavy atom. The lowest BCUT2D eigenvalue weighted by Gasteiger charge is -2.34. The zero-order valence-corrected chi connectivity index (χ0v) is 19.1. The third-order valence-corrected chi connectivity index (χ3v) is 6.70. The molecule has 2 aromatic carbocycles. The smallest absolute Gasteiger partial charge is 0.343 e. The van der Waals surface area contributed by atoms with Gasteiger partial charge in [-0.05, 0) is 29.8 Å². The van der Waals surface area contributed by atoms with Crippen molar-refractivity contribution >= 4 is 40.5 Å². The number of anilines is 1. The molecule has 3 aliphatic heterocycles. The van der Waals surface area contributed by atoms with Gasteiger partial charge in [-0.1, -0.05) is 11.2 Å². The Kier molecular flexibility index (Phi) is 5.18. The Hall–Kier alpha value is -4.32. The molecule has 36 heavy (non-hydrogen) atoms. The normalized spacial score (nSPS) is 18.9. The summed E-state index contributed by atoms with van der Waals surface area (Å²) >= 11 is 0. The third kappa shape index (κ3) is 3.66. The molecule has 12 heteroatoms. The highest BCUT2D eigenvalue weighted by Crippen LogP contribution is 2.29. The van der Waals surface area contributed by atoms with Crippen LogP contribution in [0.25, 0.3) is 11.0 Å². The van der Waals surface area contributed by atoms with Crippen molar-refractivity contribution in [1.29, 1.82) is 0 Å². The van der Waals surface area contributed by atoms with Crippen molar-refractivity contribution in [2.24, 2.45) is 0 Å². The molecule has 2 saturated heterocycles. The minimum atomic E-state index is -0.788. The highest BCUT2D eigenvalue weighted by atomic mass is 19.1. The quantitative estimate of drug-likeness (QED) is 0.547. The van der Waals surface area contributed by atoms with E-state index in [0.717, 1.165) is 34.1 Å². The van der Waals surface area contributed by atoms with Gasteiger partial charge in [-0.25, -0.2) is 14.2 Å². The topological polar surface area (TPSA) is 119 Å². The number of nitrogens with one attached hydrogen (secondary N) is 1. The summed E-state index contributed by atoms with van der Waals surface area (Å²) < 4.78 is 18.7. The van der Waals surface area contributed by atoms with Gasteiger partial charge in [-0.15, -0.1) is 0 Å². The molecule has 1 N–H and O–H groups in total. The Labute approximate surface area is 204 Å². The molecule has 0 bridgehead atoms. The molecular formula is C24H21FN6O5. The number of halogens is 1. The lowest BCUT2D eigenvalue weighted by Crippen LogP contribution is -2.58. The fraction of sp³-hybridized carbons (Fsp3) is 0.292. The molecule has 0 atom stereocenters. The fourth-order valence-electron chi connectivity index (χ4n) is 4.84. The maximum atomic E-state index is 13.4. The van der Waals surface area contributed by atoms with Gasteiger partial charge in [0, 0.05) is 45.2 Å². The average molecular weight is 492 g/mol. The number of hydrogen-bond donors (Lipinski definition) is 1. The van der Waals surface area contributed by atoms with E-state index >= 15 is 0 Å². The Bertz CT molecular complexity index is 1430. The van der Waals surface area contributed by atoms with E-state index in [1.54, 1.807) is 24.3 Å². The molecule has 1 aromatic heterocycles. The molecule has 4 heterocycles. The monoisotopic (exact) mass is 492 g/mol. The maximum absolute atomic E-state index is 13.4. The van der Waals surface area contributed by atoms with Crippen LogP contribution in [0.3, 0.4) is 0 Å². The van der Waals surface area contributed by atoms with Gasteiger partial charge in [0.05, 0.1) is 23.1 Å². The number of carbonyl (C=O) groups excluding carboxylic acids is 4. The molecule has 6 rings (SSSR count). The van der Waals surface area contributed by atoms with Crippen LogP contribution in [0.4, 0.5) is 15.0 Å². The summed E-state index contributed by atoms with van der Waals surface area (Å²) in [6, 6.07) is 8.69. The van der Waals surface area contributed by atoms with Crippen LogP contribution in [0.1, 0.15) is 32.7 Å². The second kappa shape index (κ2) is 8.41. The maximum Gasteiger partial charge on any atom is 0.343 e. The summed E-state index contributed by atoms with van der Waals surface area (Å²) in [5.41, 5.74) is 1.74. The highest BCUT2D eigenvalue weighted by molar-refractivity contribution is 6.22. The van der Waals surface area contributed by atoms with E-state index in [0.29, 0.717) is 31.0 Å². The van der Waals surface area contributed by atoms with Crippen LogP contribution in [0.2, 0.25) is 0 Å². The SMILES string of the molecule is O=C1CCN(N2C(=O)c3ccc(CN4CCN(c5noc6cc(F)ccc56)CC4)cc3C2=O)C(=O)N1. The summed E-state index contributed by atoms with van der Waals surface area (Å²) in [5.74, 6) is -1.29. The molecule has 0 radical (unpaired) electrons. The second-order valence-corrected chi connectivity index (χ2v) is 8.94. The Morgan fingerprint density at radius 1 is 0.917 bits per heavy atom. The van der Waals surface area contributed by atoms with Gasteiger partial charge >= 0.3 is 6.03 Å². The highest BCUT2D eigenvalue weighted by Gasteiger charge is 2.43. The number of urea groups is 1. The lowest BCUT2D eigenvalue weighted by molar-refractivity contribution is -0.122. The first kappa shape index (κ1) is 22.2. The number of nitrogens with zero attached hydrogens (tertiary/aromatic N) is 5. The van der Waals surface area contributed by atoms with Gasteiger partial charge < -0.3 is 9.42 Å². The largest absolute Gasteiger partial charge is 0.354 e. The Morgan fingerprint density at radius 3 is 2.47 bits per heavy atom. The number of carbonyl (C=O) groups is 4. The number of amides is 5. The zero-order valence-electron chi connectivity index (χ0n) is 19.1. The molecule has 0 unspecified atom stereocenters. The van der Waals surface area contributed by atoms with Gasteiger partial charge in [0.25, 0.3) is 11.8 Å². The Balaban J connectivity index is 1.13. The molecule has 5 amide bonds. The van der Waals surface area contributed by atoms with Crippen molar-refractivity contribution in [3.05, 3.63) is 58.9 Å².